The van der Waals surface area contributed by atoms with Crippen LogP contribution in [-0.4, -0.2) is 17.1 Å². The molecule has 3 N–H and O–H groups in total. The van der Waals surface area contributed by atoms with Gasteiger partial charge in [0, 0.05) is 11.3 Å². The Bertz CT molecular complexity index is 733. The lowest BCUT2D eigenvalue weighted by Gasteiger charge is -2.30. The van der Waals surface area contributed by atoms with E-state index in [1.54, 1.807) is 0 Å². The maximum absolute atomic E-state index is 12.3. The van der Waals surface area contributed by atoms with E-state index >= 15 is 0 Å². The zero-order valence-corrected chi connectivity index (χ0v) is 14.1. The van der Waals surface area contributed by atoms with Crippen LogP contribution in [0.15, 0.2) is 59.5 Å². The van der Waals surface area contributed by atoms with Crippen molar-refractivity contribution in [1.82, 2.24) is 5.32 Å². The normalized spacial score (nSPS) is 19.3. The highest BCUT2D eigenvalue weighted by Gasteiger charge is 2.31. The molecule has 0 aromatic heterocycles. The van der Waals surface area contributed by atoms with Crippen LogP contribution in [0.3, 0.4) is 0 Å². The van der Waals surface area contributed by atoms with Gasteiger partial charge in [0.1, 0.15) is 0 Å². The summed E-state index contributed by atoms with van der Waals surface area (Å²) in [7, 11) is 0. The third-order valence-corrected chi connectivity index (χ3v) is 5.48. The molecule has 4 nitrogen and oxygen atoms in total. The van der Waals surface area contributed by atoms with Crippen molar-refractivity contribution < 1.29 is 9.59 Å². The molecule has 0 saturated heterocycles. The van der Waals surface area contributed by atoms with Gasteiger partial charge in [-0.1, -0.05) is 48.5 Å². The van der Waals surface area contributed by atoms with E-state index in [1.807, 2.05) is 54.6 Å². The SMILES string of the molecule is NC(=O)C1CC(NC(=O)CCc2ccccc2)c2ccccc2S1. The Kier molecular flexibility index (Phi) is 5.20. The van der Waals surface area contributed by atoms with E-state index in [0.29, 0.717) is 19.3 Å². The number of fused-ring (bicyclic) bond motifs is 1. The summed E-state index contributed by atoms with van der Waals surface area (Å²) in [5, 5.41) is 2.76. The number of nitrogens with two attached hydrogens (primary N) is 1. The molecule has 1 aliphatic heterocycles. The van der Waals surface area contributed by atoms with Crippen LogP contribution >= 0.6 is 11.8 Å². The molecule has 2 unspecified atom stereocenters. The second kappa shape index (κ2) is 7.53. The molecule has 3 rings (SSSR count). The molecule has 5 heteroatoms. The second-order valence-electron chi connectivity index (χ2n) is 5.89. The lowest BCUT2D eigenvalue weighted by atomic mass is 10.00. The van der Waals surface area contributed by atoms with Gasteiger partial charge in [-0.15, -0.1) is 11.8 Å². The van der Waals surface area contributed by atoms with E-state index in [0.717, 1.165) is 16.0 Å². The minimum atomic E-state index is -0.335. The second-order valence-corrected chi connectivity index (χ2v) is 7.13. The predicted octanol–water partition coefficient (Wildman–Crippen LogP) is 2.83. The van der Waals surface area contributed by atoms with Crippen molar-refractivity contribution in [1.29, 1.82) is 0 Å². The number of aryl methyl sites for hydroxylation is 1. The first-order valence-electron chi connectivity index (χ1n) is 8.01. The van der Waals surface area contributed by atoms with Gasteiger partial charge in [-0.2, -0.15) is 0 Å². The van der Waals surface area contributed by atoms with Gasteiger partial charge in [0.05, 0.1) is 11.3 Å². The minimum absolute atomic E-state index is 0.00576. The smallest absolute Gasteiger partial charge is 0.231 e. The molecule has 1 heterocycles. The average molecular weight is 340 g/mol. The molecule has 0 aliphatic carbocycles. The van der Waals surface area contributed by atoms with Crippen LogP contribution in [0.25, 0.3) is 0 Å². The number of carbonyl (C=O) groups is 2. The molecule has 0 radical (unpaired) electrons. The molecule has 2 aromatic rings. The van der Waals surface area contributed by atoms with E-state index < -0.39 is 0 Å². The Morgan fingerprint density at radius 1 is 1.08 bits per heavy atom. The maximum Gasteiger partial charge on any atom is 0.231 e. The van der Waals surface area contributed by atoms with Crippen LogP contribution in [-0.2, 0) is 16.0 Å². The fourth-order valence-corrected chi connectivity index (χ4v) is 4.11. The van der Waals surface area contributed by atoms with E-state index in [2.05, 4.69) is 5.32 Å². The molecule has 2 amide bonds. The Labute approximate surface area is 145 Å². The quantitative estimate of drug-likeness (QED) is 0.879. The number of hydrogen-bond acceptors (Lipinski definition) is 3. The number of thioether (sulfide) groups is 1. The van der Waals surface area contributed by atoms with Gasteiger partial charge < -0.3 is 11.1 Å². The monoisotopic (exact) mass is 340 g/mol. The molecule has 0 spiro atoms. The average Bonchev–Trinajstić information content (AvgIpc) is 2.60. The van der Waals surface area contributed by atoms with Crippen molar-refractivity contribution >= 4 is 23.6 Å². The fourth-order valence-electron chi connectivity index (χ4n) is 2.90. The predicted molar refractivity (Wildman–Crippen MR) is 95.5 cm³/mol. The number of benzene rings is 2. The number of primary amides is 1. The highest BCUT2D eigenvalue weighted by atomic mass is 32.2. The Balaban J connectivity index is 1.66. The molecule has 0 saturated carbocycles. The van der Waals surface area contributed by atoms with E-state index in [-0.39, 0.29) is 23.1 Å². The van der Waals surface area contributed by atoms with Crippen molar-refractivity contribution in [3.05, 3.63) is 65.7 Å². The number of amides is 2. The topological polar surface area (TPSA) is 72.2 Å². The first kappa shape index (κ1) is 16.6. The fraction of sp³-hybridized carbons (Fsp3) is 0.263. The Morgan fingerprint density at radius 2 is 1.79 bits per heavy atom. The van der Waals surface area contributed by atoms with Gasteiger partial charge in [-0.05, 0) is 30.0 Å². The Hall–Kier alpha value is -2.27. The summed E-state index contributed by atoms with van der Waals surface area (Å²) in [6.07, 6.45) is 1.67. The van der Waals surface area contributed by atoms with Gasteiger partial charge in [0.15, 0.2) is 0 Å². The number of nitrogens with one attached hydrogen (secondary N) is 1. The molecule has 1 aliphatic rings. The van der Waals surface area contributed by atoms with Crippen molar-refractivity contribution in [2.45, 2.75) is 35.4 Å². The standard InChI is InChI=1S/C19H20N2O2S/c20-19(23)17-12-15(14-8-4-5-9-16(14)24-17)21-18(22)11-10-13-6-2-1-3-7-13/h1-9,15,17H,10-12H2,(H2,20,23)(H,21,22). The van der Waals surface area contributed by atoms with Crippen molar-refractivity contribution in [3.63, 3.8) is 0 Å². The van der Waals surface area contributed by atoms with Crippen molar-refractivity contribution in [3.8, 4) is 0 Å². The van der Waals surface area contributed by atoms with Crippen LogP contribution in [0.4, 0.5) is 0 Å². The molecule has 0 bridgehead atoms. The zero-order chi connectivity index (χ0) is 16.9. The summed E-state index contributed by atoms with van der Waals surface area (Å²) in [5.41, 5.74) is 7.68. The first-order valence-corrected chi connectivity index (χ1v) is 8.89. The largest absolute Gasteiger partial charge is 0.369 e. The van der Waals surface area contributed by atoms with E-state index in [1.165, 1.54) is 11.8 Å². The van der Waals surface area contributed by atoms with Crippen LogP contribution < -0.4 is 11.1 Å². The summed E-state index contributed by atoms with van der Waals surface area (Å²) in [4.78, 5) is 24.9. The highest BCUT2D eigenvalue weighted by Crippen LogP contribution is 2.40. The molecular weight excluding hydrogens is 320 g/mol. The van der Waals surface area contributed by atoms with Crippen LogP contribution in [0, 0.1) is 0 Å². The van der Waals surface area contributed by atoms with Crippen LogP contribution in [0.5, 0.6) is 0 Å². The molecule has 2 aromatic carbocycles. The van der Waals surface area contributed by atoms with Gasteiger partial charge in [-0.3, -0.25) is 9.59 Å². The van der Waals surface area contributed by atoms with Gasteiger partial charge >= 0.3 is 0 Å². The first-order chi connectivity index (χ1) is 11.6. The van der Waals surface area contributed by atoms with Gasteiger partial charge in [0.2, 0.25) is 11.8 Å². The summed E-state index contributed by atoms with van der Waals surface area (Å²) >= 11 is 1.48. The third kappa shape index (κ3) is 3.97. The lowest BCUT2D eigenvalue weighted by molar-refractivity contribution is -0.122. The number of hydrogen-bond donors (Lipinski definition) is 2. The summed E-state index contributed by atoms with van der Waals surface area (Å²) in [5.74, 6) is -0.341. The molecule has 124 valence electrons. The van der Waals surface area contributed by atoms with Crippen molar-refractivity contribution in [2.24, 2.45) is 5.73 Å². The maximum atomic E-state index is 12.3. The highest BCUT2D eigenvalue weighted by molar-refractivity contribution is 8.00. The summed E-state index contributed by atoms with van der Waals surface area (Å²) in [6.45, 7) is 0. The minimum Gasteiger partial charge on any atom is -0.369 e. The van der Waals surface area contributed by atoms with E-state index in [9.17, 15) is 9.59 Å². The van der Waals surface area contributed by atoms with Gasteiger partial charge in [-0.25, -0.2) is 0 Å². The zero-order valence-electron chi connectivity index (χ0n) is 13.3. The van der Waals surface area contributed by atoms with E-state index in [4.69, 9.17) is 5.73 Å². The van der Waals surface area contributed by atoms with Crippen LogP contribution in [0.1, 0.15) is 30.0 Å². The van der Waals surface area contributed by atoms with Gasteiger partial charge in [0.25, 0.3) is 0 Å². The third-order valence-electron chi connectivity index (χ3n) is 4.15. The lowest BCUT2D eigenvalue weighted by Crippen LogP contribution is -2.37. The summed E-state index contributed by atoms with van der Waals surface area (Å²) in [6, 6.07) is 17.6. The molecule has 2 atom stereocenters. The Morgan fingerprint density at radius 3 is 2.54 bits per heavy atom. The molecule has 24 heavy (non-hydrogen) atoms. The molecule has 0 fully saturated rings. The summed E-state index contributed by atoms with van der Waals surface area (Å²) < 4.78 is 0. The molecular formula is C19H20N2O2S. The van der Waals surface area contributed by atoms with Crippen molar-refractivity contribution in [2.75, 3.05) is 0 Å². The van der Waals surface area contributed by atoms with Crippen LogP contribution in [0.2, 0.25) is 0 Å². The number of carbonyl (C=O) groups excluding carboxylic acids is 2. The number of rotatable bonds is 5.